The number of rotatable bonds is 3. The highest BCUT2D eigenvalue weighted by molar-refractivity contribution is 5.78. The number of halogens is 1. The zero-order chi connectivity index (χ0) is 13.3. The average Bonchev–Trinajstić information content (AvgIpc) is 2.67. The third kappa shape index (κ3) is 2.25. The van der Waals surface area contributed by atoms with Crippen molar-refractivity contribution in [3.8, 4) is 0 Å². The van der Waals surface area contributed by atoms with Gasteiger partial charge in [-0.2, -0.15) is 0 Å². The molecule has 0 saturated carbocycles. The van der Waals surface area contributed by atoms with Gasteiger partial charge in [-0.15, -0.1) is 0 Å². The van der Waals surface area contributed by atoms with Gasteiger partial charge >= 0.3 is 5.97 Å². The van der Waals surface area contributed by atoms with Crippen molar-refractivity contribution >= 4 is 5.97 Å². The Bertz CT molecular complexity index is 475. The van der Waals surface area contributed by atoms with Crippen LogP contribution in [0.25, 0.3) is 0 Å². The Morgan fingerprint density at radius 2 is 2.28 bits per heavy atom. The molecule has 1 atom stereocenters. The van der Waals surface area contributed by atoms with Gasteiger partial charge in [0.1, 0.15) is 11.4 Å². The second-order valence-corrected chi connectivity index (χ2v) is 5.20. The molecule has 1 aliphatic heterocycles. The molecule has 4 heteroatoms. The molecular weight excluding hydrogens is 233 g/mol. The molecule has 0 amide bonds. The van der Waals surface area contributed by atoms with Crippen LogP contribution in [0.15, 0.2) is 18.2 Å². The number of carboxylic acid groups (broad SMARTS) is 1. The van der Waals surface area contributed by atoms with E-state index < -0.39 is 11.5 Å². The van der Waals surface area contributed by atoms with Crippen molar-refractivity contribution in [2.24, 2.45) is 0 Å². The van der Waals surface area contributed by atoms with Crippen LogP contribution in [0.4, 0.5) is 4.39 Å². The number of hydrogen-bond acceptors (Lipinski definition) is 2. The summed E-state index contributed by atoms with van der Waals surface area (Å²) in [5.74, 6) is -1.09. The monoisotopic (exact) mass is 251 g/mol. The number of carbonyl (C=O) groups is 1. The van der Waals surface area contributed by atoms with E-state index in [0.29, 0.717) is 25.1 Å². The molecular formula is C14H18FNO2. The molecule has 0 radical (unpaired) electrons. The molecule has 1 N–H and O–H groups in total. The van der Waals surface area contributed by atoms with E-state index in [1.807, 2.05) is 11.8 Å². The molecule has 1 saturated heterocycles. The second-order valence-electron chi connectivity index (χ2n) is 5.20. The first kappa shape index (κ1) is 13.0. The summed E-state index contributed by atoms with van der Waals surface area (Å²) >= 11 is 0. The fourth-order valence-electron chi connectivity index (χ4n) is 2.55. The Balaban J connectivity index is 2.23. The zero-order valence-corrected chi connectivity index (χ0v) is 10.7. The first-order valence-corrected chi connectivity index (χ1v) is 6.17. The maximum absolute atomic E-state index is 13.7. The van der Waals surface area contributed by atoms with E-state index in [4.69, 9.17) is 0 Å². The lowest BCUT2D eigenvalue weighted by Crippen LogP contribution is -2.47. The number of benzene rings is 1. The fourth-order valence-corrected chi connectivity index (χ4v) is 2.55. The van der Waals surface area contributed by atoms with Crippen LogP contribution < -0.4 is 0 Å². The summed E-state index contributed by atoms with van der Waals surface area (Å²) in [6.07, 6.45) is 1.46. The predicted molar refractivity (Wildman–Crippen MR) is 66.8 cm³/mol. The molecule has 0 spiro atoms. The van der Waals surface area contributed by atoms with Crippen molar-refractivity contribution < 1.29 is 14.3 Å². The van der Waals surface area contributed by atoms with Gasteiger partial charge in [-0.25, -0.2) is 4.39 Å². The Hall–Kier alpha value is -1.42. The molecule has 18 heavy (non-hydrogen) atoms. The SMILES string of the molecule is Cc1ccc(F)c(CN2CCCC2(C)C(=O)O)c1. The van der Waals surface area contributed by atoms with Crippen molar-refractivity contribution in [1.82, 2.24) is 4.90 Å². The van der Waals surface area contributed by atoms with Gasteiger partial charge in [-0.05, 0) is 39.3 Å². The minimum atomic E-state index is -0.865. The maximum Gasteiger partial charge on any atom is 0.323 e. The molecule has 0 aliphatic carbocycles. The highest BCUT2D eigenvalue weighted by atomic mass is 19.1. The van der Waals surface area contributed by atoms with Crippen molar-refractivity contribution in [3.63, 3.8) is 0 Å². The molecule has 1 heterocycles. The molecule has 3 nitrogen and oxygen atoms in total. The number of hydrogen-bond donors (Lipinski definition) is 1. The summed E-state index contributed by atoms with van der Waals surface area (Å²) in [7, 11) is 0. The summed E-state index contributed by atoms with van der Waals surface area (Å²) in [4.78, 5) is 13.2. The van der Waals surface area contributed by atoms with Gasteiger partial charge < -0.3 is 5.11 Å². The normalized spacial score (nSPS) is 24.4. The van der Waals surface area contributed by atoms with Gasteiger partial charge in [0.15, 0.2) is 0 Å². The topological polar surface area (TPSA) is 40.5 Å². The van der Waals surface area contributed by atoms with E-state index >= 15 is 0 Å². The van der Waals surface area contributed by atoms with Crippen molar-refractivity contribution in [1.29, 1.82) is 0 Å². The maximum atomic E-state index is 13.7. The van der Waals surface area contributed by atoms with Gasteiger partial charge in [0.25, 0.3) is 0 Å². The molecule has 2 rings (SSSR count). The van der Waals surface area contributed by atoms with Gasteiger partial charge in [-0.3, -0.25) is 9.69 Å². The first-order valence-electron chi connectivity index (χ1n) is 6.17. The standard InChI is InChI=1S/C14H18FNO2/c1-10-4-5-12(15)11(8-10)9-16-7-3-6-14(16,2)13(17)18/h4-5,8H,3,6-7,9H2,1-2H3,(H,17,18). The Morgan fingerprint density at radius 1 is 1.56 bits per heavy atom. The Kier molecular flexibility index (Phi) is 3.39. The molecule has 1 aromatic carbocycles. The van der Waals surface area contributed by atoms with Crippen LogP contribution in [0.1, 0.15) is 30.9 Å². The van der Waals surface area contributed by atoms with Gasteiger partial charge in [0.05, 0.1) is 0 Å². The smallest absolute Gasteiger partial charge is 0.323 e. The van der Waals surface area contributed by atoms with Crippen LogP contribution in [0.3, 0.4) is 0 Å². The van der Waals surface area contributed by atoms with E-state index in [2.05, 4.69) is 0 Å². The lowest BCUT2D eigenvalue weighted by atomic mass is 9.98. The van der Waals surface area contributed by atoms with Crippen molar-refractivity contribution in [2.75, 3.05) is 6.54 Å². The molecule has 1 aromatic rings. The van der Waals surface area contributed by atoms with Crippen molar-refractivity contribution in [2.45, 2.75) is 38.8 Å². The largest absolute Gasteiger partial charge is 0.480 e. The number of aliphatic carboxylic acids is 1. The molecule has 0 bridgehead atoms. The molecule has 1 unspecified atom stereocenters. The van der Waals surface area contributed by atoms with E-state index in [-0.39, 0.29) is 5.82 Å². The molecule has 1 aliphatic rings. The van der Waals surface area contributed by atoms with Crippen molar-refractivity contribution in [3.05, 3.63) is 35.1 Å². The third-order valence-electron chi connectivity index (χ3n) is 3.81. The van der Waals surface area contributed by atoms with Crippen LogP contribution >= 0.6 is 0 Å². The minimum Gasteiger partial charge on any atom is -0.480 e. The summed E-state index contributed by atoms with van der Waals surface area (Å²) < 4.78 is 13.7. The number of nitrogens with zero attached hydrogens (tertiary/aromatic N) is 1. The van der Waals surface area contributed by atoms with Crippen LogP contribution in [-0.2, 0) is 11.3 Å². The van der Waals surface area contributed by atoms with E-state index in [0.717, 1.165) is 12.0 Å². The average molecular weight is 251 g/mol. The zero-order valence-electron chi connectivity index (χ0n) is 10.7. The molecule has 98 valence electrons. The Morgan fingerprint density at radius 3 is 2.94 bits per heavy atom. The Labute approximate surface area is 106 Å². The van der Waals surface area contributed by atoms with E-state index in [1.165, 1.54) is 6.07 Å². The summed E-state index contributed by atoms with van der Waals surface area (Å²) in [5, 5.41) is 9.31. The van der Waals surface area contributed by atoms with Crippen LogP contribution in [0.5, 0.6) is 0 Å². The first-order chi connectivity index (χ1) is 8.43. The highest BCUT2D eigenvalue weighted by Crippen LogP contribution is 2.31. The van der Waals surface area contributed by atoms with Crippen LogP contribution in [-0.4, -0.2) is 28.1 Å². The van der Waals surface area contributed by atoms with Gasteiger partial charge in [-0.1, -0.05) is 17.7 Å². The fraction of sp³-hybridized carbons (Fsp3) is 0.500. The predicted octanol–water partition coefficient (Wildman–Crippen LogP) is 2.57. The second kappa shape index (κ2) is 4.69. The van der Waals surface area contributed by atoms with Gasteiger partial charge in [0, 0.05) is 12.1 Å². The van der Waals surface area contributed by atoms with E-state index in [1.54, 1.807) is 19.1 Å². The van der Waals surface area contributed by atoms with Crippen LogP contribution in [0.2, 0.25) is 0 Å². The summed E-state index contributed by atoms with van der Waals surface area (Å²) in [6, 6.07) is 4.95. The number of likely N-dealkylation sites (tertiary alicyclic amines) is 1. The summed E-state index contributed by atoms with van der Waals surface area (Å²) in [5.41, 5.74) is 0.697. The summed E-state index contributed by atoms with van der Waals surface area (Å²) in [6.45, 7) is 4.69. The van der Waals surface area contributed by atoms with E-state index in [9.17, 15) is 14.3 Å². The van der Waals surface area contributed by atoms with Gasteiger partial charge in [0.2, 0.25) is 0 Å². The highest BCUT2D eigenvalue weighted by Gasteiger charge is 2.43. The third-order valence-corrected chi connectivity index (χ3v) is 3.81. The number of aryl methyl sites for hydroxylation is 1. The molecule has 1 fully saturated rings. The quantitative estimate of drug-likeness (QED) is 0.897. The van der Waals surface area contributed by atoms with Crippen LogP contribution in [0, 0.1) is 12.7 Å². The lowest BCUT2D eigenvalue weighted by molar-refractivity contribution is -0.148. The minimum absolute atomic E-state index is 0.264. The molecule has 0 aromatic heterocycles. The number of carboxylic acids is 1. The lowest BCUT2D eigenvalue weighted by Gasteiger charge is -2.31.